The fourth-order valence-corrected chi connectivity index (χ4v) is 1.97. The molecule has 5 heteroatoms. The van der Waals surface area contributed by atoms with Crippen molar-refractivity contribution >= 4 is 5.91 Å². The van der Waals surface area contributed by atoms with Crippen molar-refractivity contribution in [2.75, 3.05) is 53.0 Å². The van der Waals surface area contributed by atoms with Crippen LogP contribution in [0, 0.1) is 5.92 Å². The van der Waals surface area contributed by atoms with Gasteiger partial charge in [-0.05, 0) is 0 Å². The predicted octanol–water partition coefficient (Wildman–Crippen LogP) is -0.595. The summed E-state index contributed by atoms with van der Waals surface area (Å²) >= 11 is 0. The van der Waals surface area contributed by atoms with Gasteiger partial charge in [-0.15, -0.1) is 0 Å². The lowest BCUT2D eigenvalue weighted by molar-refractivity contribution is -0.138. The third kappa shape index (κ3) is 3.73. The number of aliphatic hydroxyl groups is 1. The number of methoxy groups -OCH3 is 1. The van der Waals surface area contributed by atoms with Crippen LogP contribution in [0.25, 0.3) is 0 Å². The van der Waals surface area contributed by atoms with E-state index in [4.69, 9.17) is 9.84 Å². The highest BCUT2D eigenvalue weighted by Crippen LogP contribution is 2.07. The van der Waals surface area contributed by atoms with E-state index in [1.807, 2.05) is 11.8 Å². The van der Waals surface area contributed by atoms with Gasteiger partial charge in [-0.1, -0.05) is 6.92 Å². The molecule has 0 radical (unpaired) electrons. The van der Waals surface area contributed by atoms with Crippen LogP contribution in [0.15, 0.2) is 0 Å². The van der Waals surface area contributed by atoms with E-state index in [0.717, 1.165) is 26.2 Å². The second-order valence-electron chi connectivity index (χ2n) is 4.25. The molecular formula is C11H22N2O3. The smallest absolute Gasteiger partial charge is 0.227 e. The molecule has 0 saturated carbocycles. The summed E-state index contributed by atoms with van der Waals surface area (Å²) in [6, 6.07) is 0. The molecule has 0 bridgehead atoms. The Morgan fingerprint density at radius 1 is 1.38 bits per heavy atom. The van der Waals surface area contributed by atoms with E-state index in [2.05, 4.69) is 4.90 Å². The maximum atomic E-state index is 11.9. The topological polar surface area (TPSA) is 53.0 Å². The van der Waals surface area contributed by atoms with E-state index in [1.54, 1.807) is 7.11 Å². The summed E-state index contributed by atoms with van der Waals surface area (Å²) in [5, 5.41) is 8.81. The van der Waals surface area contributed by atoms with Crippen LogP contribution in [0.4, 0.5) is 0 Å². The molecule has 0 aromatic carbocycles. The largest absolute Gasteiger partial charge is 0.395 e. The van der Waals surface area contributed by atoms with Crippen molar-refractivity contribution in [3.8, 4) is 0 Å². The first-order valence-electron chi connectivity index (χ1n) is 5.80. The molecule has 0 aromatic rings. The summed E-state index contributed by atoms with van der Waals surface area (Å²) in [6.45, 7) is 6.49. The van der Waals surface area contributed by atoms with Crippen LogP contribution in [-0.4, -0.2) is 73.9 Å². The minimum atomic E-state index is -0.0607. The van der Waals surface area contributed by atoms with Gasteiger partial charge in [0.1, 0.15) is 0 Å². The molecule has 94 valence electrons. The van der Waals surface area contributed by atoms with Crippen molar-refractivity contribution in [3.05, 3.63) is 0 Å². The van der Waals surface area contributed by atoms with Gasteiger partial charge in [0.25, 0.3) is 0 Å². The van der Waals surface area contributed by atoms with Crippen molar-refractivity contribution in [1.82, 2.24) is 9.80 Å². The number of carbonyl (C=O) groups is 1. The number of amides is 1. The predicted molar refractivity (Wildman–Crippen MR) is 61.1 cm³/mol. The van der Waals surface area contributed by atoms with Crippen LogP contribution in [0.1, 0.15) is 6.92 Å². The third-order valence-electron chi connectivity index (χ3n) is 2.94. The third-order valence-corrected chi connectivity index (χ3v) is 2.94. The SMILES string of the molecule is COCC(C)C(=O)N1CCN(CCO)CC1. The first-order valence-corrected chi connectivity index (χ1v) is 5.80. The highest BCUT2D eigenvalue weighted by molar-refractivity contribution is 5.78. The van der Waals surface area contributed by atoms with Crippen molar-refractivity contribution in [2.24, 2.45) is 5.92 Å². The van der Waals surface area contributed by atoms with Gasteiger partial charge in [-0.2, -0.15) is 0 Å². The molecule has 5 nitrogen and oxygen atoms in total. The summed E-state index contributed by atoms with van der Waals surface area (Å²) in [6.07, 6.45) is 0. The number of nitrogens with zero attached hydrogens (tertiary/aromatic N) is 2. The Labute approximate surface area is 97.0 Å². The summed E-state index contributed by atoms with van der Waals surface area (Å²) in [5.74, 6) is 0.111. The molecular weight excluding hydrogens is 208 g/mol. The molecule has 1 rings (SSSR count). The molecule has 1 heterocycles. The van der Waals surface area contributed by atoms with Crippen LogP contribution >= 0.6 is 0 Å². The minimum absolute atomic E-state index is 0.0607. The van der Waals surface area contributed by atoms with E-state index >= 15 is 0 Å². The second-order valence-corrected chi connectivity index (χ2v) is 4.25. The van der Waals surface area contributed by atoms with Gasteiger partial charge >= 0.3 is 0 Å². The van der Waals surface area contributed by atoms with Gasteiger partial charge < -0.3 is 14.7 Å². The molecule has 0 aromatic heterocycles. The lowest BCUT2D eigenvalue weighted by Gasteiger charge is -2.35. The molecule has 1 N–H and O–H groups in total. The van der Waals surface area contributed by atoms with Gasteiger partial charge in [0, 0.05) is 39.8 Å². The Hall–Kier alpha value is -0.650. The lowest BCUT2D eigenvalue weighted by Crippen LogP contribution is -2.51. The van der Waals surface area contributed by atoms with Gasteiger partial charge in [0.05, 0.1) is 19.1 Å². The highest BCUT2D eigenvalue weighted by Gasteiger charge is 2.24. The quantitative estimate of drug-likeness (QED) is 0.685. The van der Waals surface area contributed by atoms with Gasteiger partial charge in [0.15, 0.2) is 0 Å². The molecule has 0 spiro atoms. The first kappa shape index (κ1) is 13.4. The molecule has 1 unspecified atom stereocenters. The Morgan fingerprint density at radius 2 is 2.00 bits per heavy atom. The Bertz CT molecular complexity index is 215. The monoisotopic (exact) mass is 230 g/mol. The lowest BCUT2D eigenvalue weighted by atomic mass is 10.1. The first-order chi connectivity index (χ1) is 7.69. The van der Waals surface area contributed by atoms with Crippen LogP contribution in [0.3, 0.4) is 0 Å². The zero-order chi connectivity index (χ0) is 12.0. The molecule has 1 aliphatic heterocycles. The van der Waals surface area contributed by atoms with Crippen LogP contribution in [0.5, 0.6) is 0 Å². The molecule has 1 fully saturated rings. The van der Waals surface area contributed by atoms with Crippen LogP contribution in [-0.2, 0) is 9.53 Å². The summed E-state index contributed by atoms with van der Waals surface area (Å²) in [7, 11) is 1.61. The van der Waals surface area contributed by atoms with Crippen molar-refractivity contribution in [1.29, 1.82) is 0 Å². The van der Waals surface area contributed by atoms with Gasteiger partial charge in [-0.3, -0.25) is 9.69 Å². The van der Waals surface area contributed by atoms with Crippen LogP contribution in [0.2, 0.25) is 0 Å². The van der Waals surface area contributed by atoms with Gasteiger partial charge in [-0.25, -0.2) is 0 Å². The van der Waals surface area contributed by atoms with Crippen molar-refractivity contribution < 1.29 is 14.6 Å². The zero-order valence-electron chi connectivity index (χ0n) is 10.2. The fraction of sp³-hybridized carbons (Fsp3) is 0.909. The number of β-amino-alcohol motifs (C(OH)–C–C–N with tert-alkyl or cyclic N) is 1. The Kier molecular flexibility index (Phi) is 5.73. The van der Waals surface area contributed by atoms with Gasteiger partial charge in [0.2, 0.25) is 5.91 Å². The number of hydrogen-bond acceptors (Lipinski definition) is 4. The van der Waals surface area contributed by atoms with Crippen molar-refractivity contribution in [3.63, 3.8) is 0 Å². The number of aliphatic hydroxyl groups excluding tert-OH is 1. The summed E-state index contributed by atoms with van der Waals surface area (Å²) in [5.41, 5.74) is 0. The average molecular weight is 230 g/mol. The standard InChI is InChI=1S/C11H22N2O3/c1-10(9-16-2)11(15)13-5-3-12(4-6-13)7-8-14/h10,14H,3-9H2,1-2H3. The van der Waals surface area contributed by atoms with E-state index in [0.29, 0.717) is 13.2 Å². The molecule has 0 aliphatic carbocycles. The fourth-order valence-electron chi connectivity index (χ4n) is 1.97. The molecule has 1 saturated heterocycles. The zero-order valence-corrected chi connectivity index (χ0v) is 10.2. The van der Waals surface area contributed by atoms with E-state index < -0.39 is 0 Å². The maximum Gasteiger partial charge on any atom is 0.227 e. The minimum Gasteiger partial charge on any atom is -0.395 e. The van der Waals surface area contributed by atoms with Crippen LogP contribution < -0.4 is 0 Å². The number of carbonyl (C=O) groups excluding carboxylic acids is 1. The Balaban J connectivity index is 2.32. The molecule has 16 heavy (non-hydrogen) atoms. The average Bonchev–Trinajstić information content (AvgIpc) is 2.30. The molecule has 1 aliphatic rings. The molecule has 1 atom stereocenters. The van der Waals surface area contributed by atoms with Crippen molar-refractivity contribution in [2.45, 2.75) is 6.92 Å². The highest BCUT2D eigenvalue weighted by atomic mass is 16.5. The van der Waals surface area contributed by atoms with E-state index in [1.165, 1.54) is 0 Å². The van der Waals surface area contributed by atoms with E-state index in [9.17, 15) is 4.79 Å². The maximum absolute atomic E-state index is 11.9. The number of piperazine rings is 1. The molecule has 1 amide bonds. The number of rotatable bonds is 5. The van der Waals surface area contributed by atoms with E-state index in [-0.39, 0.29) is 18.4 Å². The summed E-state index contributed by atoms with van der Waals surface area (Å²) < 4.78 is 4.98. The normalized spacial score (nSPS) is 19.8. The number of ether oxygens (including phenoxy) is 1. The summed E-state index contributed by atoms with van der Waals surface area (Å²) in [4.78, 5) is 16.0. The second kappa shape index (κ2) is 6.83. The number of hydrogen-bond donors (Lipinski definition) is 1. The Morgan fingerprint density at radius 3 is 2.50 bits per heavy atom.